The smallest absolute Gasteiger partial charge is 0.161 e. The zero-order valence-corrected chi connectivity index (χ0v) is 13.1. The van der Waals surface area contributed by atoms with Crippen molar-refractivity contribution in [2.24, 2.45) is 0 Å². The average Bonchev–Trinajstić information content (AvgIpc) is 2.55. The van der Waals surface area contributed by atoms with E-state index in [4.69, 9.17) is 9.72 Å². The second kappa shape index (κ2) is 6.85. The molecule has 0 N–H and O–H groups in total. The van der Waals surface area contributed by atoms with Gasteiger partial charge < -0.3 is 14.5 Å². The summed E-state index contributed by atoms with van der Waals surface area (Å²) < 4.78 is 5.83. The van der Waals surface area contributed by atoms with Crippen LogP contribution in [0.4, 0.5) is 5.82 Å². The van der Waals surface area contributed by atoms with Gasteiger partial charge in [0.05, 0.1) is 12.7 Å². The summed E-state index contributed by atoms with van der Waals surface area (Å²) in [6.07, 6.45) is 2.06. The van der Waals surface area contributed by atoms with E-state index in [1.54, 1.807) is 0 Å². The van der Waals surface area contributed by atoms with Crippen LogP contribution >= 0.6 is 0 Å². The number of nitrogens with zero attached hydrogens (tertiary/aromatic N) is 4. The highest BCUT2D eigenvalue weighted by molar-refractivity contribution is 5.57. The van der Waals surface area contributed by atoms with Crippen molar-refractivity contribution in [2.45, 2.75) is 6.10 Å². The monoisotopic (exact) mass is 298 g/mol. The van der Waals surface area contributed by atoms with Crippen molar-refractivity contribution < 1.29 is 4.74 Å². The molecule has 1 aliphatic rings. The number of rotatable bonds is 4. The molecule has 2 aromatic rings. The lowest BCUT2D eigenvalue weighted by atomic mass is 10.2. The van der Waals surface area contributed by atoms with Gasteiger partial charge in [-0.15, -0.1) is 0 Å². The van der Waals surface area contributed by atoms with Crippen LogP contribution in [0.15, 0.2) is 42.6 Å². The number of benzene rings is 1. The molecular weight excluding hydrogens is 276 g/mol. The molecule has 1 aromatic heterocycles. The Hall–Kier alpha value is -1.98. The molecule has 0 radical (unpaired) electrons. The van der Waals surface area contributed by atoms with E-state index < -0.39 is 0 Å². The van der Waals surface area contributed by atoms with E-state index in [0.717, 1.165) is 43.4 Å². The molecule has 0 unspecified atom stereocenters. The molecule has 22 heavy (non-hydrogen) atoms. The summed E-state index contributed by atoms with van der Waals surface area (Å²) in [5, 5.41) is 0. The van der Waals surface area contributed by atoms with Gasteiger partial charge in [-0.1, -0.05) is 30.3 Å². The minimum atomic E-state index is 0.221. The molecule has 5 nitrogen and oxygen atoms in total. The highest BCUT2D eigenvalue weighted by Gasteiger charge is 2.22. The number of ether oxygens (including phenoxy) is 1. The minimum absolute atomic E-state index is 0.221. The Morgan fingerprint density at radius 3 is 2.82 bits per heavy atom. The highest BCUT2D eigenvalue weighted by Crippen LogP contribution is 2.20. The largest absolute Gasteiger partial charge is 0.373 e. The van der Waals surface area contributed by atoms with Gasteiger partial charge in [0.2, 0.25) is 0 Å². The van der Waals surface area contributed by atoms with Crippen molar-refractivity contribution in [3.63, 3.8) is 0 Å². The molecule has 0 saturated carbocycles. The lowest BCUT2D eigenvalue weighted by Crippen LogP contribution is -2.46. The van der Waals surface area contributed by atoms with E-state index >= 15 is 0 Å². The Balaban J connectivity index is 1.77. The van der Waals surface area contributed by atoms with Gasteiger partial charge >= 0.3 is 0 Å². The zero-order valence-electron chi connectivity index (χ0n) is 13.1. The van der Waals surface area contributed by atoms with Crippen LogP contribution in [0.1, 0.15) is 0 Å². The van der Waals surface area contributed by atoms with Crippen molar-refractivity contribution >= 4 is 5.82 Å². The van der Waals surface area contributed by atoms with Crippen LogP contribution in [-0.2, 0) is 4.74 Å². The Morgan fingerprint density at radius 2 is 2.05 bits per heavy atom. The van der Waals surface area contributed by atoms with Crippen LogP contribution < -0.4 is 4.90 Å². The van der Waals surface area contributed by atoms with Gasteiger partial charge in [-0.25, -0.2) is 9.97 Å². The molecule has 1 aliphatic heterocycles. The Bertz CT molecular complexity index is 603. The SMILES string of the molecule is CN(C)C[C@@H]1CN(c2ccnc(-c3ccccc3)n2)CCO1. The first-order valence-electron chi connectivity index (χ1n) is 7.62. The summed E-state index contributed by atoms with van der Waals surface area (Å²) in [6.45, 7) is 3.40. The van der Waals surface area contributed by atoms with Crippen LogP contribution in [-0.4, -0.2) is 61.3 Å². The predicted molar refractivity (Wildman–Crippen MR) is 88.0 cm³/mol. The van der Waals surface area contributed by atoms with Crippen LogP contribution in [0.5, 0.6) is 0 Å². The van der Waals surface area contributed by atoms with E-state index in [1.165, 1.54) is 0 Å². The van der Waals surface area contributed by atoms with E-state index in [0.29, 0.717) is 0 Å². The standard InChI is InChI=1S/C17H22N4O/c1-20(2)12-15-13-21(10-11-22-15)16-8-9-18-17(19-16)14-6-4-3-5-7-14/h3-9,15H,10-13H2,1-2H3/t15-/m1/s1. The maximum absolute atomic E-state index is 5.83. The first-order chi connectivity index (χ1) is 10.7. The number of hydrogen-bond donors (Lipinski definition) is 0. The molecule has 0 bridgehead atoms. The van der Waals surface area contributed by atoms with Gasteiger partial charge in [0.15, 0.2) is 5.82 Å². The Labute approximate surface area is 131 Å². The molecule has 2 heterocycles. The van der Waals surface area contributed by atoms with Gasteiger partial charge in [-0.3, -0.25) is 0 Å². The third-order valence-corrected chi connectivity index (χ3v) is 3.70. The van der Waals surface area contributed by atoms with Crippen molar-refractivity contribution in [1.29, 1.82) is 0 Å². The van der Waals surface area contributed by atoms with Gasteiger partial charge in [0.1, 0.15) is 5.82 Å². The predicted octanol–water partition coefficient (Wildman–Crippen LogP) is 1.91. The number of aromatic nitrogens is 2. The van der Waals surface area contributed by atoms with Crippen LogP contribution in [0.3, 0.4) is 0 Å². The first-order valence-corrected chi connectivity index (χ1v) is 7.62. The molecule has 1 saturated heterocycles. The van der Waals surface area contributed by atoms with Gasteiger partial charge in [-0.2, -0.15) is 0 Å². The summed E-state index contributed by atoms with van der Waals surface area (Å²) >= 11 is 0. The normalized spacial score (nSPS) is 18.7. The van der Waals surface area contributed by atoms with Crippen molar-refractivity contribution in [1.82, 2.24) is 14.9 Å². The number of morpholine rings is 1. The van der Waals surface area contributed by atoms with Gasteiger partial charge in [-0.05, 0) is 20.2 Å². The lowest BCUT2D eigenvalue weighted by Gasteiger charge is -2.34. The van der Waals surface area contributed by atoms with Crippen LogP contribution in [0.25, 0.3) is 11.4 Å². The third-order valence-electron chi connectivity index (χ3n) is 3.70. The van der Waals surface area contributed by atoms with Crippen molar-refractivity contribution in [2.75, 3.05) is 45.2 Å². The molecule has 5 heteroatoms. The van der Waals surface area contributed by atoms with E-state index in [2.05, 4.69) is 28.9 Å². The zero-order chi connectivity index (χ0) is 15.4. The average molecular weight is 298 g/mol. The highest BCUT2D eigenvalue weighted by atomic mass is 16.5. The minimum Gasteiger partial charge on any atom is -0.373 e. The molecule has 0 aliphatic carbocycles. The second-order valence-electron chi connectivity index (χ2n) is 5.81. The number of likely N-dealkylation sites (N-methyl/N-ethyl adjacent to an activating group) is 1. The molecule has 1 aromatic carbocycles. The van der Waals surface area contributed by atoms with Crippen LogP contribution in [0.2, 0.25) is 0 Å². The topological polar surface area (TPSA) is 41.5 Å². The summed E-state index contributed by atoms with van der Waals surface area (Å²) in [6, 6.07) is 12.1. The first kappa shape index (κ1) is 14.9. The Morgan fingerprint density at radius 1 is 1.23 bits per heavy atom. The maximum atomic E-state index is 5.83. The molecule has 0 amide bonds. The van der Waals surface area contributed by atoms with Crippen LogP contribution in [0, 0.1) is 0 Å². The maximum Gasteiger partial charge on any atom is 0.161 e. The fourth-order valence-electron chi connectivity index (χ4n) is 2.70. The van der Waals surface area contributed by atoms with Crippen molar-refractivity contribution in [3.05, 3.63) is 42.6 Å². The second-order valence-corrected chi connectivity index (χ2v) is 5.81. The fourth-order valence-corrected chi connectivity index (χ4v) is 2.70. The van der Waals surface area contributed by atoms with E-state index in [9.17, 15) is 0 Å². The molecule has 1 fully saturated rings. The summed E-state index contributed by atoms with van der Waals surface area (Å²) in [5.74, 6) is 1.75. The quantitative estimate of drug-likeness (QED) is 0.862. The summed E-state index contributed by atoms with van der Waals surface area (Å²) in [4.78, 5) is 13.6. The molecule has 116 valence electrons. The number of anilines is 1. The molecule has 3 rings (SSSR count). The number of hydrogen-bond acceptors (Lipinski definition) is 5. The third kappa shape index (κ3) is 3.61. The van der Waals surface area contributed by atoms with Crippen molar-refractivity contribution in [3.8, 4) is 11.4 Å². The van der Waals surface area contributed by atoms with E-state index in [1.807, 2.05) is 42.6 Å². The Kier molecular flexibility index (Phi) is 4.65. The van der Waals surface area contributed by atoms with Gasteiger partial charge in [0, 0.05) is 31.4 Å². The molecular formula is C17H22N4O. The van der Waals surface area contributed by atoms with Gasteiger partial charge in [0.25, 0.3) is 0 Å². The fraction of sp³-hybridized carbons (Fsp3) is 0.412. The lowest BCUT2D eigenvalue weighted by molar-refractivity contribution is 0.0245. The van der Waals surface area contributed by atoms with E-state index in [-0.39, 0.29) is 6.10 Å². The molecule has 0 spiro atoms. The molecule has 1 atom stereocenters. The summed E-state index contributed by atoms with van der Waals surface area (Å²) in [5.41, 5.74) is 1.04. The summed E-state index contributed by atoms with van der Waals surface area (Å²) in [7, 11) is 4.14.